The minimum Gasteiger partial charge on any atom is -0.427 e. The molecule has 0 unspecified atom stereocenters. The van der Waals surface area contributed by atoms with Crippen molar-refractivity contribution in [1.82, 2.24) is 0 Å². The fourth-order valence-electron chi connectivity index (χ4n) is 6.66. The lowest BCUT2D eigenvalue weighted by atomic mass is 10.0. The summed E-state index contributed by atoms with van der Waals surface area (Å²) in [6, 6.07) is 23.8. The van der Waals surface area contributed by atoms with Gasteiger partial charge >= 0.3 is 38.1 Å². The number of carbonyl (C=O) groups excluding carboxylic acids is 3. The van der Waals surface area contributed by atoms with Crippen LogP contribution in [0.4, 0.5) is 0 Å². The van der Waals surface area contributed by atoms with Crippen LogP contribution in [-0.4, -0.2) is 61.9 Å². The van der Waals surface area contributed by atoms with Gasteiger partial charge in [-0.1, -0.05) is 174 Å². The van der Waals surface area contributed by atoms with Crippen LogP contribution in [0.5, 0.6) is 17.2 Å². The first-order chi connectivity index (χ1) is 35.3. The van der Waals surface area contributed by atoms with Gasteiger partial charge in [0, 0.05) is 19.3 Å². The molecule has 0 bridgehead atoms. The fraction of sp³-hybridized carbons (Fsp3) is 0.611. The van der Waals surface area contributed by atoms with E-state index in [4.69, 9.17) is 58.3 Å². The fourth-order valence-corrected chi connectivity index (χ4v) is 6.66. The van der Waals surface area contributed by atoms with Gasteiger partial charge in [0.15, 0.2) is 0 Å². The maximum absolute atomic E-state index is 11.4. The van der Waals surface area contributed by atoms with Crippen molar-refractivity contribution in [3.63, 3.8) is 0 Å². The molecule has 21 heteroatoms. The van der Waals surface area contributed by atoms with Gasteiger partial charge in [-0.3, -0.25) is 14.4 Å². The molecule has 0 amide bonds. The second-order valence-corrected chi connectivity index (χ2v) is 25.2. The van der Waals surface area contributed by atoms with E-state index < -0.39 is 20.2 Å². The third-order valence-corrected chi connectivity index (χ3v) is 10.3. The van der Waals surface area contributed by atoms with E-state index in [1.807, 2.05) is 57.2 Å². The van der Waals surface area contributed by atoms with E-state index in [0.717, 1.165) is 38.5 Å². The van der Waals surface area contributed by atoms with Crippen LogP contribution in [0.15, 0.2) is 72.8 Å². The Kier molecular flexibility index (Phi) is 51.2. The van der Waals surface area contributed by atoms with Gasteiger partial charge in [-0.2, -0.15) is 0 Å². The minimum atomic E-state index is -3.81. The Balaban J connectivity index is -0.000000909. The quantitative estimate of drug-likeness (QED) is 0.0130. The largest absolute Gasteiger partial charge is 0.427 e. The molecule has 3 rings (SSSR count). The zero-order chi connectivity index (χ0) is 57.4. The lowest BCUT2D eigenvalue weighted by Gasteiger charge is -2.05. The summed E-state index contributed by atoms with van der Waals surface area (Å²) < 4.78 is 15.7. The van der Waals surface area contributed by atoms with Gasteiger partial charge < -0.3 is 58.3 Å². The predicted octanol–water partition coefficient (Wildman–Crippen LogP) is 13.4. The molecular formula is C54H93O15P3S3. The topological polar surface area (TPSA) is 261 Å². The summed E-state index contributed by atoms with van der Waals surface area (Å²) in [5.41, 5.74) is 3.99. The van der Waals surface area contributed by atoms with Crippen molar-refractivity contribution in [3.05, 3.63) is 89.5 Å². The maximum Gasteiger partial charge on any atom is 0.319 e. The molecule has 0 fully saturated rings. The average Bonchev–Trinajstić information content (AvgIpc) is 3.30. The Bertz CT molecular complexity index is 1740. The molecule has 9 N–H and O–H groups in total. The maximum atomic E-state index is 11.4. The number of benzene rings is 3. The van der Waals surface area contributed by atoms with Crippen LogP contribution >= 0.6 is 20.2 Å². The van der Waals surface area contributed by atoms with Gasteiger partial charge in [-0.25, -0.2) is 0 Å². The van der Waals surface area contributed by atoms with Gasteiger partial charge in [0.05, 0.1) is 0 Å². The van der Waals surface area contributed by atoms with Crippen molar-refractivity contribution >= 4 is 73.5 Å². The van der Waals surface area contributed by atoms with Gasteiger partial charge in [0.25, 0.3) is 0 Å². The molecule has 0 aliphatic rings. The van der Waals surface area contributed by atoms with E-state index in [-0.39, 0.29) is 17.9 Å². The highest BCUT2D eigenvalue weighted by atomic mass is 32.5. The summed E-state index contributed by atoms with van der Waals surface area (Å²) in [7, 11) is 0. The third kappa shape index (κ3) is 65.9. The molecule has 3 aromatic rings. The van der Waals surface area contributed by atoms with Crippen molar-refractivity contribution in [3.8, 4) is 17.2 Å². The number of rotatable bonds is 30. The number of hydrogen-bond donors (Lipinski definition) is 9. The molecule has 0 heterocycles. The van der Waals surface area contributed by atoms with E-state index >= 15 is 0 Å². The van der Waals surface area contributed by atoms with Crippen molar-refractivity contribution in [2.45, 2.75) is 215 Å². The van der Waals surface area contributed by atoms with E-state index in [0.29, 0.717) is 36.5 Å². The molecule has 0 atom stereocenters. The van der Waals surface area contributed by atoms with Crippen LogP contribution in [0.3, 0.4) is 0 Å². The standard InChI is InChI=1S/3C18H28O2.3H3O3PS/c3*1-3-5-6-7-8-9-11-16-12-14-17(15-13-16)20-18(19)10-4-2;3*1-4(2,3)5/h3*12-15H,3-11H2,1-2H3;3*(H3,1,2,3,5). The summed E-state index contributed by atoms with van der Waals surface area (Å²) in [5.74, 6) is 1.56. The number of aryl methyl sites for hydroxylation is 3. The van der Waals surface area contributed by atoms with Gasteiger partial charge in [0.1, 0.15) is 17.2 Å². The molecule has 0 radical (unpaired) electrons. The van der Waals surface area contributed by atoms with E-state index in [9.17, 15) is 14.4 Å². The van der Waals surface area contributed by atoms with Crippen LogP contribution in [0.1, 0.15) is 212 Å². The number of hydrogen-bond acceptors (Lipinski definition) is 9. The molecule has 15 nitrogen and oxygen atoms in total. The van der Waals surface area contributed by atoms with Crippen molar-refractivity contribution < 1.29 is 72.6 Å². The minimum absolute atomic E-state index is 0.142. The van der Waals surface area contributed by atoms with Gasteiger partial charge in [-0.05, 0) is 146 Å². The second kappa shape index (κ2) is 49.9. The third-order valence-electron chi connectivity index (χ3n) is 10.3. The van der Waals surface area contributed by atoms with Gasteiger partial charge in [-0.15, -0.1) is 0 Å². The monoisotopic (exact) mass is 1170 g/mol. The first kappa shape index (κ1) is 76.9. The Morgan fingerprint density at radius 2 is 0.493 bits per heavy atom. The number of esters is 3. The Labute approximate surface area is 465 Å². The summed E-state index contributed by atoms with van der Waals surface area (Å²) in [6.45, 7) is 1.25. The Morgan fingerprint density at radius 1 is 0.320 bits per heavy atom. The normalized spacial score (nSPS) is 10.8. The first-order valence-electron chi connectivity index (χ1n) is 26.5. The highest BCUT2D eigenvalue weighted by Crippen LogP contribution is 2.28. The van der Waals surface area contributed by atoms with Crippen LogP contribution in [-0.2, 0) is 69.1 Å². The van der Waals surface area contributed by atoms with Crippen molar-refractivity contribution in [2.24, 2.45) is 0 Å². The van der Waals surface area contributed by atoms with Crippen molar-refractivity contribution in [1.29, 1.82) is 0 Å². The molecule has 0 aliphatic heterocycles. The molecule has 0 aliphatic carbocycles. The molecule has 75 heavy (non-hydrogen) atoms. The SMILES string of the molecule is CCCCCCCCc1ccc(OC(=O)CCC)cc1.CCCCCCCCc1ccc(OC(=O)CCC)cc1.CCCCCCCCc1ccc(OC(=O)CCC)cc1.OP(O)(O)=S.OP(O)(O)=S.OP(O)(O)=S. The molecule has 0 spiro atoms. The molecule has 0 saturated carbocycles. The summed E-state index contributed by atoms with van der Waals surface area (Å²) in [5, 5.41) is 0. The second-order valence-electron chi connectivity index (χ2n) is 17.7. The zero-order valence-corrected chi connectivity index (χ0v) is 50.7. The zero-order valence-electron chi connectivity index (χ0n) is 45.6. The van der Waals surface area contributed by atoms with Crippen LogP contribution in [0, 0.1) is 0 Å². The summed E-state index contributed by atoms with van der Waals surface area (Å²) in [6.07, 6.45) is 31.1. The molecule has 3 aromatic carbocycles. The molecular weight excluding hydrogens is 1080 g/mol. The first-order valence-corrected chi connectivity index (χ1v) is 34.5. The van der Waals surface area contributed by atoms with Gasteiger partial charge in [0.2, 0.25) is 0 Å². The van der Waals surface area contributed by atoms with E-state index in [1.165, 1.54) is 132 Å². The number of unbranched alkanes of at least 4 members (excludes halogenated alkanes) is 15. The summed E-state index contributed by atoms with van der Waals surface area (Å²) in [4.78, 5) is 102. The highest BCUT2D eigenvalue weighted by molar-refractivity contribution is 8.06. The summed E-state index contributed by atoms with van der Waals surface area (Å²) >= 11 is 10.8. The average molecular weight is 1170 g/mol. The van der Waals surface area contributed by atoms with Crippen LogP contribution in [0.25, 0.3) is 0 Å². The van der Waals surface area contributed by atoms with Crippen LogP contribution in [0.2, 0.25) is 0 Å². The van der Waals surface area contributed by atoms with E-state index in [1.54, 1.807) is 0 Å². The lowest BCUT2D eigenvalue weighted by molar-refractivity contribution is -0.135. The smallest absolute Gasteiger partial charge is 0.319 e. The predicted molar refractivity (Wildman–Crippen MR) is 315 cm³/mol. The Morgan fingerprint density at radius 3 is 0.667 bits per heavy atom. The number of ether oxygens (including phenoxy) is 3. The van der Waals surface area contributed by atoms with E-state index in [2.05, 4.69) is 92.6 Å². The molecule has 432 valence electrons. The Hall–Kier alpha value is -2.34. The molecule has 0 saturated heterocycles. The highest BCUT2D eigenvalue weighted by Gasteiger charge is 2.06. The molecule has 0 aromatic heterocycles. The van der Waals surface area contributed by atoms with Crippen molar-refractivity contribution in [2.75, 3.05) is 0 Å². The van der Waals surface area contributed by atoms with Crippen LogP contribution < -0.4 is 14.2 Å². The number of carbonyl (C=O) groups is 3. The lowest BCUT2D eigenvalue weighted by Crippen LogP contribution is -2.06.